The summed E-state index contributed by atoms with van der Waals surface area (Å²) in [5.74, 6) is 2.12. The van der Waals surface area contributed by atoms with Crippen LogP contribution in [-0.2, 0) is 13.2 Å². The highest BCUT2D eigenvalue weighted by atomic mass is 16.5. The van der Waals surface area contributed by atoms with Gasteiger partial charge in [0.2, 0.25) is 0 Å². The molecule has 1 heterocycles. The van der Waals surface area contributed by atoms with Crippen molar-refractivity contribution >= 4 is 11.0 Å². The molecule has 0 aliphatic heterocycles. The van der Waals surface area contributed by atoms with Crippen LogP contribution in [0, 0.1) is 0 Å². The lowest BCUT2D eigenvalue weighted by Gasteiger charge is -2.12. The third kappa shape index (κ3) is 3.44. The van der Waals surface area contributed by atoms with Gasteiger partial charge in [0.05, 0.1) is 17.6 Å². The number of aliphatic hydroxyl groups is 1. The Kier molecular flexibility index (Phi) is 5.16. The van der Waals surface area contributed by atoms with Crippen molar-refractivity contribution in [2.24, 2.45) is 0 Å². The Morgan fingerprint density at radius 2 is 1.88 bits per heavy atom. The van der Waals surface area contributed by atoms with Gasteiger partial charge < -0.3 is 14.4 Å². The molecule has 0 aliphatic rings. The van der Waals surface area contributed by atoms with Crippen LogP contribution in [-0.4, -0.2) is 21.3 Å². The number of rotatable bonds is 7. The molecule has 2 aromatic carbocycles. The first-order valence-corrected chi connectivity index (χ1v) is 8.50. The highest BCUT2D eigenvalue weighted by Crippen LogP contribution is 2.22. The lowest BCUT2D eigenvalue weighted by atomic mass is 9.99. The molecule has 0 radical (unpaired) electrons. The fourth-order valence-electron chi connectivity index (χ4n) is 2.88. The lowest BCUT2D eigenvalue weighted by Crippen LogP contribution is -2.11. The zero-order valence-corrected chi connectivity index (χ0v) is 14.3. The monoisotopic (exact) mass is 324 g/mol. The largest absolute Gasteiger partial charge is 0.492 e. The Balaban J connectivity index is 1.66. The maximum Gasteiger partial charge on any atom is 0.135 e. The lowest BCUT2D eigenvalue weighted by molar-refractivity contribution is 0.255. The SMILES string of the molecule is CCC(C)c1ccc(OCCn2c(CO)nc3ccccc32)cc1. The summed E-state index contributed by atoms with van der Waals surface area (Å²) in [6.45, 7) is 5.55. The number of imidazole rings is 1. The maximum absolute atomic E-state index is 9.52. The fourth-order valence-corrected chi connectivity index (χ4v) is 2.88. The number of ether oxygens (including phenoxy) is 1. The van der Waals surface area contributed by atoms with Crippen LogP contribution >= 0.6 is 0 Å². The first-order chi connectivity index (χ1) is 11.7. The predicted octanol–water partition coefficient (Wildman–Crippen LogP) is 4.12. The Hall–Kier alpha value is -2.33. The molecule has 0 spiro atoms. The van der Waals surface area contributed by atoms with Gasteiger partial charge >= 0.3 is 0 Å². The summed E-state index contributed by atoms with van der Waals surface area (Å²) in [6.07, 6.45) is 1.14. The van der Waals surface area contributed by atoms with E-state index in [4.69, 9.17) is 4.74 Å². The van der Waals surface area contributed by atoms with Gasteiger partial charge in [0.25, 0.3) is 0 Å². The highest BCUT2D eigenvalue weighted by molar-refractivity contribution is 5.75. The number of aromatic nitrogens is 2. The summed E-state index contributed by atoms with van der Waals surface area (Å²) < 4.78 is 7.88. The summed E-state index contributed by atoms with van der Waals surface area (Å²) in [5.41, 5.74) is 3.27. The highest BCUT2D eigenvalue weighted by Gasteiger charge is 2.09. The van der Waals surface area contributed by atoms with E-state index in [0.29, 0.717) is 24.9 Å². The number of benzene rings is 2. The van der Waals surface area contributed by atoms with Crippen LogP contribution in [0.5, 0.6) is 5.75 Å². The molecule has 0 amide bonds. The van der Waals surface area contributed by atoms with Crippen LogP contribution in [0.2, 0.25) is 0 Å². The number of aliphatic hydroxyl groups excluding tert-OH is 1. The first kappa shape index (κ1) is 16.5. The van der Waals surface area contributed by atoms with Gasteiger partial charge in [-0.05, 0) is 42.2 Å². The molecule has 4 heteroatoms. The quantitative estimate of drug-likeness (QED) is 0.711. The molecule has 0 saturated heterocycles. The number of nitrogens with zero attached hydrogens (tertiary/aromatic N) is 2. The second kappa shape index (κ2) is 7.49. The van der Waals surface area contributed by atoms with Crippen LogP contribution in [0.3, 0.4) is 0 Å². The summed E-state index contributed by atoms with van der Waals surface area (Å²) >= 11 is 0. The van der Waals surface area contributed by atoms with Crippen LogP contribution in [0.25, 0.3) is 11.0 Å². The molecule has 1 unspecified atom stereocenters. The van der Waals surface area contributed by atoms with Crippen molar-refractivity contribution in [3.63, 3.8) is 0 Å². The fraction of sp³-hybridized carbons (Fsp3) is 0.350. The first-order valence-electron chi connectivity index (χ1n) is 8.50. The second-order valence-electron chi connectivity index (χ2n) is 6.05. The van der Waals surface area contributed by atoms with Crippen molar-refractivity contribution in [1.29, 1.82) is 0 Å². The van der Waals surface area contributed by atoms with Crippen molar-refractivity contribution < 1.29 is 9.84 Å². The average Bonchev–Trinajstić information content (AvgIpc) is 2.99. The van der Waals surface area contributed by atoms with Crippen molar-refractivity contribution in [1.82, 2.24) is 9.55 Å². The van der Waals surface area contributed by atoms with Crippen LogP contribution in [0.1, 0.15) is 37.6 Å². The van der Waals surface area contributed by atoms with Gasteiger partial charge in [-0.2, -0.15) is 0 Å². The van der Waals surface area contributed by atoms with Crippen LogP contribution in [0.4, 0.5) is 0 Å². The Labute approximate surface area is 142 Å². The zero-order valence-electron chi connectivity index (χ0n) is 14.3. The van der Waals surface area contributed by atoms with E-state index < -0.39 is 0 Å². The molecule has 1 atom stereocenters. The Morgan fingerprint density at radius 1 is 1.12 bits per heavy atom. The zero-order chi connectivity index (χ0) is 16.9. The average molecular weight is 324 g/mol. The third-order valence-corrected chi connectivity index (χ3v) is 4.52. The third-order valence-electron chi connectivity index (χ3n) is 4.52. The number of hydrogen-bond acceptors (Lipinski definition) is 3. The number of para-hydroxylation sites is 2. The van der Waals surface area contributed by atoms with E-state index >= 15 is 0 Å². The van der Waals surface area contributed by atoms with E-state index in [1.807, 2.05) is 41.0 Å². The molecule has 0 bridgehead atoms. The molecular weight excluding hydrogens is 300 g/mol. The number of hydrogen-bond donors (Lipinski definition) is 1. The molecule has 1 aromatic heterocycles. The minimum absolute atomic E-state index is 0.0711. The van der Waals surface area contributed by atoms with E-state index in [1.165, 1.54) is 5.56 Å². The van der Waals surface area contributed by atoms with Gasteiger partial charge in [-0.25, -0.2) is 4.98 Å². The second-order valence-corrected chi connectivity index (χ2v) is 6.05. The van der Waals surface area contributed by atoms with Crippen molar-refractivity contribution in [2.75, 3.05) is 6.61 Å². The summed E-state index contributed by atoms with van der Waals surface area (Å²) in [6, 6.07) is 16.2. The molecular formula is C20H24N2O2. The molecule has 0 aliphatic carbocycles. The van der Waals surface area contributed by atoms with Gasteiger partial charge in [-0.1, -0.05) is 38.1 Å². The summed E-state index contributed by atoms with van der Waals surface area (Å²) in [5, 5.41) is 9.52. The van der Waals surface area contributed by atoms with Crippen LogP contribution in [0.15, 0.2) is 48.5 Å². The van der Waals surface area contributed by atoms with Gasteiger partial charge in [-0.15, -0.1) is 0 Å². The summed E-state index contributed by atoms with van der Waals surface area (Å²) in [7, 11) is 0. The van der Waals surface area contributed by atoms with E-state index in [0.717, 1.165) is 23.2 Å². The predicted molar refractivity (Wildman–Crippen MR) is 96.3 cm³/mol. The maximum atomic E-state index is 9.52. The van der Waals surface area contributed by atoms with Crippen LogP contribution < -0.4 is 4.74 Å². The Morgan fingerprint density at radius 3 is 2.58 bits per heavy atom. The Bertz CT molecular complexity index is 793. The normalized spacial score (nSPS) is 12.5. The van der Waals surface area contributed by atoms with E-state index in [-0.39, 0.29) is 6.61 Å². The van der Waals surface area contributed by atoms with Gasteiger partial charge in [0.15, 0.2) is 0 Å². The van der Waals surface area contributed by atoms with Crippen molar-refractivity contribution in [3.8, 4) is 5.75 Å². The van der Waals surface area contributed by atoms with Crippen molar-refractivity contribution in [3.05, 3.63) is 59.9 Å². The standard InChI is InChI=1S/C20H24N2O2/c1-3-15(2)16-8-10-17(11-9-16)24-13-12-22-19-7-5-4-6-18(19)21-20(22)14-23/h4-11,15,23H,3,12-14H2,1-2H3. The molecule has 24 heavy (non-hydrogen) atoms. The molecule has 3 rings (SSSR count). The van der Waals surface area contributed by atoms with E-state index in [2.05, 4.69) is 31.0 Å². The molecule has 4 nitrogen and oxygen atoms in total. The number of fused-ring (bicyclic) bond motifs is 1. The van der Waals surface area contributed by atoms with Gasteiger partial charge in [0.1, 0.15) is 24.8 Å². The molecule has 0 saturated carbocycles. The van der Waals surface area contributed by atoms with E-state index in [1.54, 1.807) is 0 Å². The molecule has 126 valence electrons. The summed E-state index contributed by atoms with van der Waals surface area (Å²) in [4.78, 5) is 4.45. The minimum atomic E-state index is -0.0711. The van der Waals surface area contributed by atoms with E-state index in [9.17, 15) is 5.11 Å². The molecule has 3 aromatic rings. The van der Waals surface area contributed by atoms with Gasteiger partial charge in [-0.3, -0.25) is 0 Å². The molecule has 1 N–H and O–H groups in total. The van der Waals surface area contributed by atoms with Crippen molar-refractivity contribution in [2.45, 2.75) is 39.3 Å². The van der Waals surface area contributed by atoms with Gasteiger partial charge in [0, 0.05) is 0 Å². The minimum Gasteiger partial charge on any atom is -0.492 e. The molecule has 0 fully saturated rings. The smallest absolute Gasteiger partial charge is 0.135 e. The topological polar surface area (TPSA) is 47.3 Å².